The molecule has 1 aromatic carbocycles. The van der Waals surface area contributed by atoms with Gasteiger partial charge in [0.1, 0.15) is 5.75 Å². The number of carboxylic acids is 1. The third kappa shape index (κ3) is 2.17. The molecule has 0 atom stereocenters. The van der Waals surface area contributed by atoms with Crippen LogP contribution in [0.3, 0.4) is 0 Å². The molecule has 0 radical (unpaired) electrons. The van der Waals surface area contributed by atoms with Crippen LogP contribution in [0.5, 0.6) is 5.75 Å². The van der Waals surface area contributed by atoms with Crippen LogP contribution in [-0.2, 0) is 10.2 Å². The van der Waals surface area contributed by atoms with E-state index in [1.54, 1.807) is 0 Å². The molecule has 19 heavy (non-hydrogen) atoms. The number of carboxylic acid groups (broad SMARTS) is 1. The van der Waals surface area contributed by atoms with Gasteiger partial charge in [0.05, 0.1) is 18.1 Å². The lowest BCUT2D eigenvalue weighted by Crippen LogP contribution is -2.39. The van der Waals surface area contributed by atoms with Gasteiger partial charge >= 0.3 is 5.97 Å². The van der Waals surface area contributed by atoms with Crippen molar-refractivity contribution in [1.29, 1.82) is 0 Å². The summed E-state index contributed by atoms with van der Waals surface area (Å²) < 4.78 is 32.6. The fourth-order valence-electron chi connectivity index (χ4n) is 2.88. The van der Waals surface area contributed by atoms with Gasteiger partial charge in [0.25, 0.3) is 0 Å². The van der Waals surface area contributed by atoms with Gasteiger partial charge in [-0.2, -0.15) is 0 Å². The quantitative estimate of drug-likeness (QED) is 0.917. The Morgan fingerprint density at radius 3 is 2.42 bits per heavy atom. The molecule has 5 heteroatoms. The number of methoxy groups -OCH3 is 1. The molecule has 0 saturated heterocycles. The standard InChI is InChI=1S/C14H16F2O3/c1-19-10-6-5-9(15)12(16)11(10)14(13(17)18)7-3-2-4-8-14/h5-6H,2-4,7-8H2,1H3,(H,17,18). The normalized spacial score (nSPS) is 18.1. The van der Waals surface area contributed by atoms with Crippen LogP contribution in [-0.4, -0.2) is 18.2 Å². The molecule has 1 aromatic rings. The van der Waals surface area contributed by atoms with Gasteiger partial charge in [-0.15, -0.1) is 0 Å². The molecule has 1 saturated carbocycles. The van der Waals surface area contributed by atoms with Crippen LogP contribution in [0.25, 0.3) is 0 Å². The first-order chi connectivity index (χ1) is 9.03. The lowest BCUT2D eigenvalue weighted by atomic mass is 9.69. The molecule has 0 spiro atoms. The Bertz CT molecular complexity index is 494. The second-order valence-electron chi connectivity index (χ2n) is 4.89. The van der Waals surface area contributed by atoms with E-state index in [4.69, 9.17) is 4.74 Å². The number of benzene rings is 1. The summed E-state index contributed by atoms with van der Waals surface area (Å²) in [5.74, 6) is -3.16. The monoisotopic (exact) mass is 270 g/mol. The van der Waals surface area contributed by atoms with Crippen molar-refractivity contribution in [2.24, 2.45) is 0 Å². The molecule has 104 valence electrons. The zero-order chi connectivity index (χ0) is 14.0. The van der Waals surface area contributed by atoms with E-state index in [1.165, 1.54) is 13.2 Å². The van der Waals surface area contributed by atoms with E-state index in [-0.39, 0.29) is 11.3 Å². The molecule has 1 aliphatic rings. The van der Waals surface area contributed by atoms with Gasteiger partial charge in [-0.25, -0.2) is 8.78 Å². The number of hydrogen-bond donors (Lipinski definition) is 1. The Balaban J connectivity index is 2.65. The van der Waals surface area contributed by atoms with Crippen LogP contribution in [0.4, 0.5) is 8.78 Å². The molecule has 0 amide bonds. The van der Waals surface area contributed by atoms with E-state index in [9.17, 15) is 18.7 Å². The minimum atomic E-state index is -1.38. The SMILES string of the molecule is COc1ccc(F)c(F)c1C1(C(=O)O)CCCCC1. The van der Waals surface area contributed by atoms with Crippen molar-refractivity contribution < 1.29 is 23.4 Å². The van der Waals surface area contributed by atoms with Crippen LogP contribution in [0.2, 0.25) is 0 Å². The third-order valence-corrected chi connectivity index (χ3v) is 3.87. The highest BCUT2D eigenvalue weighted by Crippen LogP contribution is 2.45. The molecule has 1 aliphatic carbocycles. The van der Waals surface area contributed by atoms with Gasteiger partial charge in [0.2, 0.25) is 0 Å². The Kier molecular flexibility index (Phi) is 3.73. The van der Waals surface area contributed by atoms with Crippen molar-refractivity contribution >= 4 is 5.97 Å². The van der Waals surface area contributed by atoms with E-state index in [2.05, 4.69) is 0 Å². The predicted molar refractivity (Wildman–Crippen MR) is 65.3 cm³/mol. The number of carbonyl (C=O) groups is 1. The van der Waals surface area contributed by atoms with Gasteiger partial charge in [-0.3, -0.25) is 4.79 Å². The van der Waals surface area contributed by atoms with Crippen LogP contribution in [0.1, 0.15) is 37.7 Å². The van der Waals surface area contributed by atoms with Gasteiger partial charge in [0.15, 0.2) is 11.6 Å². The largest absolute Gasteiger partial charge is 0.496 e. The highest BCUT2D eigenvalue weighted by Gasteiger charge is 2.45. The second kappa shape index (κ2) is 5.15. The van der Waals surface area contributed by atoms with Crippen molar-refractivity contribution in [2.75, 3.05) is 7.11 Å². The maximum absolute atomic E-state index is 14.1. The molecule has 0 bridgehead atoms. The molecule has 0 aliphatic heterocycles. The topological polar surface area (TPSA) is 46.5 Å². The number of rotatable bonds is 3. The summed E-state index contributed by atoms with van der Waals surface area (Å²) >= 11 is 0. The Labute approximate surface area is 110 Å². The summed E-state index contributed by atoms with van der Waals surface area (Å²) in [7, 11) is 1.33. The number of hydrogen-bond acceptors (Lipinski definition) is 2. The van der Waals surface area contributed by atoms with Crippen molar-refractivity contribution in [3.05, 3.63) is 29.3 Å². The van der Waals surface area contributed by atoms with E-state index in [1.807, 2.05) is 0 Å². The zero-order valence-electron chi connectivity index (χ0n) is 10.7. The molecule has 1 fully saturated rings. The summed E-state index contributed by atoms with van der Waals surface area (Å²) in [5.41, 5.74) is -1.53. The Hall–Kier alpha value is -1.65. The zero-order valence-corrected chi connectivity index (χ0v) is 10.7. The predicted octanol–water partition coefficient (Wildman–Crippen LogP) is 3.26. The maximum atomic E-state index is 14.1. The first-order valence-corrected chi connectivity index (χ1v) is 6.29. The minimum Gasteiger partial charge on any atom is -0.496 e. The molecule has 0 aromatic heterocycles. The third-order valence-electron chi connectivity index (χ3n) is 3.87. The van der Waals surface area contributed by atoms with Gasteiger partial charge in [0, 0.05) is 0 Å². The van der Waals surface area contributed by atoms with Crippen LogP contribution >= 0.6 is 0 Å². The summed E-state index contributed by atoms with van der Waals surface area (Å²) in [4.78, 5) is 11.7. The van der Waals surface area contributed by atoms with Crippen molar-refractivity contribution in [2.45, 2.75) is 37.5 Å². The molecular weight excluding hydrogens is 254 g/mol. The molecule has 0 heterocycles. The first kappa shape index (κ1) is 13.8. The number of aliphatic carboxylic acids is 1. The van der Waals surface area contributed by atoms with Crippen LogP contribution < -0.4 is 4.74 Å². The fourth-order valence-corrected chi connectivity index (χ4v) is 2.88. The summed E-state index contributed by atoms with van der Waals surface area (Å²) in [6.45, 7) is 0. The second-order valence-corrected chi connectivity index (χ2v) is 4.89. The summed E-state index contributed by atoms with van der Waals surface area (Å²) in [5, 5.41) is 9.53. The number of halogens is 2. The minimum absolute atomic E-state index is 0.100. The van der Waals surface area contributed by atoms with Crippen LogP contribution in [0.15, 0.2) is 12.1 Å². The van der Waals surface area contributed by atoms with E-state index < -0.39 is 23.0 Å². The molecule has 1 N–H and O–H groups in total. The van der Waals surface area contributed by atoms with Gasteiger partial charge < -0.3 is 9.84 Å². The average molecular weight is 270 g/mol. The van der Waals surface area contributed by atoms with E-state index >= 15 is 0 Å². The molecule has 3 nitrogen and oxygen atoms in total. The number of ether oxygens (including phenoxy) is 1. The van der Waals surface area contributed by atoms with Crippen molar-refractivity contribution in [3.8, 4) is 5.75 Å². The highest BCUT2D eigenvalue weighted by molar-refractivity contribution is 5.82. The molecular formula is C14H16F2O3. The average Bonchev–Trinajstić information content (AvgIpc) is 2.42. The fraction of sp³-hybridized carbons (Fsp3) is 0.500. The first-order valence-electron chi connectivity index (χ1n) is 6.29. The van der Waals surface area contributed by atoms with Crippen LogP contribution in [0, 0.1) is 11.6 Å². The molecule has 0 unspecified atom stereocenters. The van der Waals surface area contributed by atoms with Crippen molar-refractivity contribution in [1.82, 2.24) is 0 Å². The summed E-state index contributed by atoms with van der Waals surface area (Å²) in [6.07, 6.45) is 2.89. The van der Waals surface area contributed by atoms with Crippen molar-refractivity contribution in [3.63, 3.8) is 0 Å². The lowest BCUT2D eigenvalue weighted by molar-refractivity contribution is -0.145. The Morgan fingerprint density at radius 1 is 1.26 bits per heavy atom. The molecule has 2 rings (SSSR count). The van der Waals surface area contributed by atoms with E-state index in [0.29, 0.717) is 25.7 Å². The van der Waals surface area contributed by atoms with Gasteiger partial charge in [-0.1, -0.05) is 19.3 Å². The maximum Gasteiger partial charge on any atom is 0.314 e. The smallest absolute Gasteiger partial charge is 0.314 e. The summed E-state index contributed by atoms with van der Waals surface area (Å²) in [6, 6.07) is 2.24. The van der Waals surface area contributed by atoms with Gasteiger partial charge in [-0.05, 0) is 25.0 Å². The Morgan fingerprint density at radius 2 is 1.89 bits per heavy atom. The highest BCUT2D eigenvalue weighted by atomic mass is 19.2. The lowest BCUT2D eigenvalue weighted by Gasteiger charge is -2.34. The van der Waals surface area contributed by atoms with E-state index in [0.717, 1.165) is 12.5 Å².